The molecule has 5 aromatic rings. The standard InChI is InChI=1S/C37H44ClN13O5/c1-2-26-20-31-32(47-35(26)53)19-25(21-42-31)24-49-13-15-50(16-14-49)27-3-4-29(43-22-27)36(54)40-9-17-56-18-10-41-37(55)30-6-5-28(34(38)46-30)45-33(52)23-39-7-11-51-12-8-44-48-51/h3-6,8,12,19-22,39H,2,7,9-11,13-18,23-24H2,1H3,(H,40,54)(H,41,55)(H,45,52)(H,47,53). The van der Waals surface area contributed by atoms with Gasteiger partial charge in [-0.25, -0.2) is 9.97 Å². The van der Waals surface area contributed by atoms with Gasteiger partial charge in [0.25, 0.3) is 17.4 Å². The summed E-state index contributed by atoms with van der Waals surface area (Å²) in [6, 6.07) is 10.5. The first-order chi connectivity index (χ1) is 27.2. The monoisotopic (exact) mass is 785 g/mol. The Morgan fingerprint density at radius 1 is 0.929 bits per heavy atom. The molecule has 1 fully saturated rings. The Labute approximate surface area is 327 Å². The highest BCUT2D eigenvalue weighted by Gasteiger charge is 2.19. The van der Waals surface area contributed by atoms with Crippen LogP contribution < -0.4 is 31.7 Å². The van der Waals surface area contributed by atoms with Crippen LogP contribution in [0.3, 0.4) is 0 Å². The summed E-state index contributed by atoms with van der Waals surface area (Å²) in [6.45, 7) is 8.09. The molecule has 0 saturated carbocycles. The van der Waals surface area contributed by atoms with Gasteiger partial charge in [0.1, 0.15) is 11.4 Å². The van der Waals surface area contributed by atoms with Gasteiger partial charge in [0, 0.05) is 70.3 Å². The van der Waals surface area contributed by atoms with E-state index >= 15 is 0 Å². The minimum absolute atomic E-state index is 0.0126. The molecule has 5 N–H and O–H groups in total. The molecule has 1 aliphatic rings. The van der Waals surface area contributed by atoms with Gasteiger partial charge in [-0.2, -0.15) is 0 Å². The maximum atomic E-state index is 12.6. The number of hydrogen-bond acceptors (Lipinski definition) is 13. The average molecular weight is 786 g/mol. The second kappa shape index (κ2) is 19.7. The smallest absolute Gasteiger partial charge is 0.270 e. The van der Waals surface area contributed by atoms with Crippen molar-refractivity contribution in [2.45, 2.75) is 26.4 Å². The van der Waals surface area contributed by atoms with Crippen molar-refractivity contribution < 1.29 is 19.1 Å². The fraction of sp³-hybridized carbons (Fsp3) is 0.378. The molecule has 294 valence electrons. The zero-order chi connectivity index (χ0) is 39.3. The van der Waals surface area contributed by atoms with E-state index in [1.807, 2.05) is 31.3 Å². The molecule has 6 rings (SSSR count). The predicted molar refractivity (Wildman–Crippen MR) is 210 cm³/mol. The van der Waals surface area contributed by atoms with Gasteiger partial charge in [-0.3, -0.25) is 33.7 Å². The first-order valence-electron chi connectivity index (χ1n) is 18.3. The zero-order valence-corrected chi connectivity index (χ0v) is 31.7. The Bertz CT molecular complexity index is 2160. The second-order valence-corrected chi connectivity index (χ2v) is 13.3. The number of halogens is 1. The van der Waals surface area contributed by atoms with Crippen molar-refractivity contribution in [3.63, 3.8) is 0 Å². The van der Waals surface area contributed by atoms with Crippen LogP contribution in [0.5, 0.6) is 0 Å². The van der Waals surface area contributed by atoms with Crippen molar-refractivity contribution in [2.75, 3.05) is 75.8 Å². The molecule has 0 radical (unpaired) electrons. The number of rotatable bonds is 18. The minimum Gasteiger partial charge on any atom is -0.378 e. The van der Waals surface area contributed by atoms with Gasteiger partial charge in [-0.1, -0.05) is 23.7 Å². The van der Waals surface area contributed by atoms with Gasteiger partial charge in [0.15, 0.2) is 5.15 Å². The Morgan fingerprint density at radius 2 is 1.70 bits per heavy atom. The number of aromatic amines is 1. The Balaban J connectivity index is 0.828. The number of pyridine rings is 4. The number of piperazine rings is 1. The van der Waals surface area contributed by atoms with E-state index in [1.54, 1.807) is 29.3 Å². The highest BCUT2D eigenvalue weighted by Crippen LogP contribution is 2.20. The van der Waals surface area contributed by atoms with E-state index in [-0.39, 0.29) is 66.8 Å². The highest BCUT2D eigenvalue weighted by molar-refractivity contribution is 6.32. The molecule has 3 amide bonds. The largest absolute Gasteiger partial charge is 0.378 e. The van der Waals surface area contributed by atoms with Crippen molar-refractivity contribution in [1.29, 1.82) is 0 Å². The molecule has 6 heterocycles. The molecule has 19 heteroatoms. The van der Waals surface area contributed by atoms with E-state index in [4.69, 9.17) is 16.3 Å². The Morgan fingerprint density at radius 3 is 2.39 bits per heavy atom. The van der Waals surface area contributed by atoms with Crippen LogP contribution >= 0.6 is 11.6 Å². The summed E-state index contributed by atoms with van der Waals surface area (Å²) in [4.78, 5) is 70.2. The van der Waals surface area contributed by atoms with Crippen LogP contribution in [0.25, 0.3) is 11.0 Å². The number of hydrogen-bond donors (Lipinski definition) is 5. The van der Waals surface area contributed by atoms with Crippen LogP contribution in [0.4, 0.5) is 11.4 Å². The van der Waals surface area contributed by atoms with Crippen molar-refractivity contribution >= 4 is 51.7 Å². The first-order valence-corrected chi connectivity index (χ1v) is 18.7. The van der Waals surface area contributed by atoms with Crippen LogP contribution in [-0.4, -0.2) is 123 Å². The third kappa shape index (κ3) is 11.1. The molecule has 0 aromatic carbocycles. The molecule has 1 aliphatic heterocycles. The molecule has 0 bridgehead atoms. The van der Waals surface area contributed by atoms with E-state index < -0.39 is 5.91 Å². The Hall–Kier alpha value is -5.82. The molecular weight excluding hydrogens is 742 g/mol. The van der Waals surface area contributed by atoms with E-state index in [2.05, 4.69) is 61.3 Å². The normalized spacial score (nSPS) is 13.1. The van der Waals surface area contributed by atoms with Crippen LogP contribution in [-0.2, 0) is 29.0 Å². The number of carbonyl (C=O) groups is 3. The summed E-state index contributed by atoms with van der Waals surface area (Å²) >= 11 is 6.21. The van der Waals surface area contributed by atoms with E-state index in [9.17, 15) is 19.2 Å². The van der Waals surface area contributed by atoms with Crippen molar-refractivity contribution in [3.05, 3.63) is 99.2 Å². The highest BCUT2D eigenvalue weighted by atomic mass is 35.5. The maximum Gasteiger partial charge on any atom is 0.270 e. The lowest BCUT2D eigenvalue weighted by Gasteiger charge is -2.36. The lowest BCUT2D eigenvalue weighted by atomic mass is 10.1. The topological polar surface area (TPSA) is 217 Å². The number of amides is 3. The number of anilines is 2. The molecule has 0 atom stereocenters. The van der Waals surface area contributed by atoms with Crippen molar-refractivity contribution in [1.82, 2.24) is 55.8 Å². The summed E-state index contributed by atoms with van der Waals surface area (Å²) in [5, 5.41) is 18.7. The fourth-order valence-electron chi connectivity index (χ4n) is 6.00. The number of carbonyl (C=O) groups excluding carboxylic acids is 3. The average Bonchev–Trinajstić information content (AvgIpc) is 3.73. The molecule has 5 aromatic heterocycles. The number of aromatic nitrogens is 7. The van der Waals surface area contributed by atoms with Crippen LogP contribution in [0.15, 0.2) is 66.0 Å². The van der Waals surface area contributed by atoms with Gasteiger partial charge in [0.2, 0.25) is 5.91 Å². The maximum absolute atomic E-state index is 12.6. The molecule has 56 heavy (non-hydrogen) atoms. The summed E-state index contributed by atoms with van der Waals surface area (Å²) in [7, 11) is 0. The van der Waals surface area contributed by atoms with Gasteiger partial charge < -0.3 is 35.9 Å². The van der Waals surface area contributed by atoms with Crippen LogP contribution in [0.2, 0.25) is 5.15 Å². The number of nitrogens with zero attached hydrogens (tertiary/aromatic N) is 8. The van der Waals surface area contributed by atoms with Gasteiger partial charge >= 0.3 is 0 Å². The molecule has 0 aliphatic carbocycles. The number of fused-ring (bicyclic) bond motifs is 1. The first kappa shape index (κ1) is 39.9. The number of H-pyrrole nitrogens is 1. The quantitative estimate of drug-likeness (QED) is 0.0625. The number of aryl methyl sites for hydroxylation is 1. The van der Waals surface area contributed by atoms with Crippen molar-refractivity contribution in [3.8, 4) is 0 Å². The van der Waals surface area contributed by atoms with Crippen LogP contribution in [0.1, 0.15) is 39.0 Å². The molecule has 0 unspecified atom stereocenters. The summed E-state index contributed by atoms with van der Waals surface area (Å²) in [5.41, 5.74) is 4.90. The van der Waals surface area contributed by atoms with Gasteiger partial charge in [-0.15, -0.1) is 5.10 Å². The fourth-order valence-corrected chi connectivity index (χ4v) is 6.20. The van der Waals surface area contributed by atoms with Gasteiger partial charge in [-0.05, 0) is 48.4 Å². The molecule has 0 spiro atoms. The van der Waals surface area contributed by atoms with Crippen molar-refractivity contribution in [2.24, 2.45) is 0 Å². The van der Waals surface area contributed by atoms with Gasteiger partial charge in [0.05, 0.1) is 61.1 Å². The summed E-state index contributed by atoms with van der Waals surface area (Å²) in [5.74, 6) is -1.07. The van der Waals surface area contributed by atoms with E-state index in [0.29, 0.717) is 25.2 Å². The SMILES string of the molecule is CCc1cc2ncc(CN3CCN(c4ccc(C(=O)NCCOCCNC(=O)c5ccc(NC(=O)CNCCn6ccnn6)c(Cl)n5)nc4)CC3)cc2[nH]c1=O. The van der Waals surface area contributed by atoms with Crippen LogP contribution in [0, 0.1) is 0 Å². The minimum atomic E-state index is -0.448. The lowest BCUT2D eigenvalue weighted by molar-refractivity contribution is -0.115. The summed E-state index contributed by atoms with van der Waals surface area (Å²) in [6.07, 6.45) is 7.56. The predicted octanol–water partition coefficient (Wildman–Crippen LogP) is 1.25. The molecular formula is C37H44ClN13O5. The van der Waals surface area contributed by atoms with E-state index in [1.165, 1.54) is 12.1 Å². The molecule has 18 nitrogen and oxygen atoms in total. The third-order valence-electron chi connectivity index (χ3n) is 9.03. The lowest BCUT2D eigenvalue weighted by Crippen LogP contribution is -2.46. The number of nitrogens with one attached hydrogen (secondary N) is 5. The Kier molecular flexibility index (Phi) is 14.0. The molecule has 1 saturated heterocycles. The van der Waals surface area contributed by atoms with E-state index in [0.717, 1.165) is 60.6 Å². The number of ether oxygens (including phenoxy) is 1. The zero-order valence-electron chi connectivity index (χ0n) is 31.0. The summed E-state index contributed by atoms with van der Waals surface area (Å²) < 4.78 is 7.19. The second-order valence-electron chi connectivity index (χ2n) is 13.0. The third-order valence-corrected chi connectivity index (χ3v) is 9.31.